The predicted molar refractivity (Wildman–Crippen MR) is 132 cm³/mol. The first kappa shape index (κ1) is 26.7. The Bertz CT molecular complexity index is 1190. The van der Waals surface area contributed by atoms with E-state index in [1.807, 2.05) is 6.07 Å². The molecule has 10 heteroatoms. The molecule has 3 aromatic rings. The van der Waals surface area contributed by atoms with E-state index in [1.165, 1.54) is 19.9 Å². The van der Waals surface area contributed by atoms with Crippen molar-refractivity contribution in [1.29, 1.82) is 0 Å². The maximum atomic E-state index is 14.8. The zero-order valence-corrected chi connectivity index (χ0v) is 20.8. The van der Waals surface area contributed by atoms with Crippen LogP contribution in [0.5, 0.6) is 0 Å². The second kappa shape index (κ2) is 10.4. The molecule has 0 aliphatic rings. The highest BCUT2D eigenvalue weighted by Crippen LogP contribution is 2.40. The van der Waals surface area contributed by atoms with Gasteiger partial charge in [-0.05, 0) is 63.6 Å². The van der Waals surface area contributed by atoms with Crippen molar-refractivity contribution in [2.75, 3.05) is 18.5 Å². The van der Waals surface area contributed by atoms with Crippen molar-refractivity contribution in [2.45, 2.75) is 45.3 Å². The molecule has 35 heavy (non-hydrogen) atoms. The summed E-state index contributed by atoms with van der Waals surface area (Å²) in [5, 5.41) is 23.1. The van der Waals surface area contributed by atoms with Crippen LogP contribution in [0.2, 0.25) is 0 Å². The molecule has 3 rings (SSSR count). The van der Waals surface area contributed by atoms with Crippen molar-refractivity contribution in [3.05, 3.63) is 64.9 Å². The van der Waals surface area contributed by atoms with Gasteiger partial charge in [-0.1, -0.05) is 6.07 Å². The first-order valence-corrected chi connectivity index (χ1v) is 11.8. The molecule has 5 N–H and O–H groups in total. The lowest BCUT2D eigenvalue weighted by Crippen LogP contribution is -2.26. The fraction of sp³-hybridized carbons (Fsp3) is 0.360. The Hall–Kier alpha value is -2.92. The molecule has 0 unspecified atom stereocenters. The second-order valence-electron chi connectivity index (χ2n) is 9.35. The first-order chi connectivity index (χ1) is 16.2. The number of carbonyl (C=O) groups excluding carboxylic acids is 1. The minimum Gasteiger partial charge on any atom is -0.388 e. The minimum atomic E-state index is -1.42. The van der Waals surface area contributed by atoms with E-state index in [9.17, 15) is 23.8 Å². The summed E-state index contributed by atoms with van der Waals surface area (Å²) >= 11 is 0.961. The third kappa shape index (κ3) is 7.04. The summed E-state index contributed by atoms with van der Waals surface area (Å²) in [6.45, 7) is 6.71. The van der Waals surface area contributed by atoms with Crippen molar-refractivity contribution in [2.24, 2.45) is 5.73 Å². The highest BCUT2D eigenvalue weighted by atomic mass is 32.1. The third-order valence-corrected chi connectivity index (χ3v) is 6.07. The molecular formula is C25H29F2N3O4S. The summed E-state index contributed by atoms with van der Waals surface area (Å²) in [5.74, 6) is -2.08. The highest BCUT2D eigenvalue weighted by Gasteiger charge is 2.24. The number of rotatable bonds is 10. The van der Waals surface area contributed by atoms with Gasteiger partial charge in [-0.3, -0.25) is 4.79 Å². The van der Waals surface area contributed by atoms with Gasteiger partial charge in [0.15, 0.2) is 0 Å². The maximum Gasteiger partial charge on any atom is 0.251 e. The van der Waals surface area contributed by atoms with Gasteiger partial charge in [0.25, 0.3) is 5.91 Å². The number of benzene rings is 1. The molecule has 0 radical (unpaired) electrons. The van der Waals surface area contributed by atoms with Crippen LogP contribution >= 0.6 is 11.3 Å². The molecule has 1 aromatic carbocycles. The molecule has 2 heterocycles. The maximum absolute atomic E-state index is 14.8. The molecule has 0 fully saturated rings. The molecule has 7 nitrogen and oxygen atoms in total. The van der Waals surface area contributed by atoms with Gasteiger partial charge in [-0.2, -0.15) is 0 Å². The zero-order chi connectivity index (χ0) is 26.0. The van der Waals surface area contributed by atoms with Crippen LogP contribution in [0.4, 0.5) is 19.6 Å². The fourth-order valence-corrected chi connectivity index (χ4v) is 4.37. The van der Waals surface area contributed by atoms with E-state index in [4.69, 9.17) is 10.5 Å². The van der Waals surface area contributed by atoms with E-state index in [0.717, 1.165) is 23.5 Å². The minimum absolute atomic E-state index is 0.0658. The Labute approximate surface area is 206 Å². The topological polar surface area (TPSA) is 118 Å². The number of aliphatic hydroxyl groups is 2. The van der Waals surface area contributed by atoms with Crippen LogP contribution in [-0.2, 0) is 16.8 Å². The van der Waals surface area contributed by atoms with E-state index < -0.39 is 28.7 Å². The van der Waals surface area contributed by atoms with Crippen LogP contribution in [0.15, 0.2) is 36.4 Å². The number of nitrogens with two attached hydrogens (primary N) is 1. The molecule has 0 aliphatic heterocycles. The van der Waals surface area contributed by atoms with E-state index in [2.05, 4.69) is 10.3 Å². The number of hydrogen-bond donors (Lipinski definition) is 4. The van der Waals surface area contributed by atoms with Crippen LogP contribution in [0.1, 0.15) is 49.3 Å². The molecule has 0 aliphatic carbocycles. The van der Waals surface area contributed by atoms with Crippen LogP contribution in [0, 0.1) is 11.6 Å². The van der Waals surface area contributed by atoms with Crippen LogP contribution in [-0.4, -0.2) is 39.9 Å². The SMILES string of the molecule is CC(C)(O)COCCc1cccc(Nc2sc(-c3c(F)cc(C(C)(C)O)cc3F)cc2C(N)=O)n1. The monoisotopic (exact) mass is 505 g/mol. The van der Waals surface area contributed by atoms with Gasteiger partial charge >= 0.3 is 0 Å². The van der Waals surface area contributed by atoms with Crippen molar-refractivity contribution < 1.29 is 28.5 Å². The fourth-order valence-electron chi connectivity index (χ4n) is 3.26. The van der Waals surface area contributed by atoms with Crippen LogP contribution in [0.25, 0.3) is 10.4 Å². The summed E-state index contributed by atoms with van der Waals surface area (Å²) in [6.07, 6.45) is 0.494. The van der Waals surface area contributed by atoms with Gasteiger partial charge in [0.1, 0.15) is 22.5 Å². The number of halogens is 2. The Morgan fingerprint density at radius 3 is 2.37 bits per heavy atom. The van der Waals surface area contributed by atoms with Gasteiger partial charge < -0.3 is 26.0 Å². The zero-order valence-electron chi connectivity index (χ0n) is 20.0. The van der Waals surface area contributed by atoms with E-state index in [0.29, 0.717) is 29.5 Å². The third-order valence-electron chi connectivity index (χ3n) is 5.00. The molecule has 188 valence electrons. The molecule has 0 atom stereocenters. The number of amides is 1. The summed E-state index contributed by atoms with van der Waals surface area (Å²) in [4.78, 5) is 16.7. The normalized spacial score (nSPS) is 12.1. The van der Waals surface area contributed by atoms with E-state index >= 15 is 0 Å². The van der Waals surface area contributed by atoms with Gasteiger partial charge in [0, 0.05) is 17.0 Å². The lowest BCUT2D eigenvalue weighted by atomic mass is 9.96. The summed E-state index contributed by atoms with van der Waals surface area (Å²) in [7, 11) is 0. The Morgan fingerprint density at radius 2 is 1.80 bits per heavy atom. The molecule has 0 spiro atoms. The number of anilines is 2. The number of nitrogens with one attached hydrogen (secondary N) is 1. The second-order valence-corrected chi connectivity index (χ2v) is 10.4. The molecule has 0 bridgehead atoms. The standard InChI is InChI=1S/C25H29F2N3O4S/c1-24(2,32)13-34-9-8-15-6-5-7-20(29-15)30-23-16(22(28)31)12-19(35-23)21-17(26)10-14(11-18(21)27)25(3,4)33/h5-7,10-12,32-33H,8-9,13H2,1-4H3,(H2,28,31)(H,29,30). The average molecular weight is 506 g/mol. The highest BCUT2D eigenvalue weighted by molar-refractivity contribution is 7.20. The quantitative estimate of drug-likeness (QED) is 0.302. The average Bonchev–Trinajstić information content (AvgIpc) is 3.13. The number of carbonyl (C=O) groups is 1. The number of thiophene rings is 1. The van der Waals surface area contributed by atoms with Crippen molar-refractivity contribution in [3.8, 4) is 10.4 Å². The smallest absolute Gasteiger partial charge is 0.251 e. The number of nitrogens with zero attached hydrogens (tertiary/aromatic N) is 1. The molecule has 1 amide bonds. The summed E-state index contributed by atoms with van der Waals surface area (Å²) < 4.78 is 35.2. The Kier molecular flexibility index (Phi) is 7.90. The molecule has 0 saturated heterocycles. The number of hydrogen-bond acceptors (Lipinski definition) is 7. The predicted octanol–water partition coefficient (Wildman–Crippen LogP) is 4.49. The molecule has 0 saturated carbocycles. The number of primary amides is 1. The number of ether oxygens (including phenoxy) is 1. The first-order valence-electron chi connectivity index (χ1n) is 10.9. The lowest BCUT2D eigenvalue weighted by molar-refractivity contribution is -0.0199. The number of aromatic nitrogens is 1. The largest absolute Gasteiger partial charge is 0.388 e. The van der Waals surface area contributed by atoms with E-state index in [1.54, 1.807) is 26.0 Å². The molecular weight excluding hydrogens is 476 g/mol. The lowest BCUT2D eigenvalue weighted by Gasteiger charge is -2.18. The summed E-state index contributed by atoms with van der Waals surface area (Å²) in [6, 6.07) is 8.73. The van der Waals surface area contributed by atoms with Gasteiger partial charge in [-0.25, -0.2) is 13.8 Å². The molecule has 2 aromatic heterocycles. The van der Waals surface area contributed by atoms with Crippen molar-refractivity contribution >= 4 is 28.1 Å². The Morgan fingerprint density at radius 1 is 1.14 bits per heavy atom. The van der Waals surface area contributed by atoms with E-state index in [-0.39, 0.29) is 28.2 Å². The Balaban J connectivity index is 1.85. The van der Waals surface area contributed by atoms with Crippen LogP contribution < -0.4 is 11.1 Å². The number of pyridine rings is 1. The van der Waals surface area contributed by atoms with Gasteiger partial charge in [0.2, 0.25) is 0 Å². The van der Waals surface area contributed by atoms with Gasteiger partial charge in [-0.15, -0.1) is 11.3 Å². The van der Waals surface area contributed by atoms with Crippen LogP contribution in [0.3, 0.4) is 0 Å². The summed E-state index contributed by atoms with van der Waals surface area (Å²) in [5.41, 5.74) is 3.72. The van der Waals surface area contributed by atoms with Gasteiger partial charge in [0.05, 0.1) is 35.5 Å². The van der Waals surface area contributed by atoms with Crippen molar-refractivity contribution in [3.63, 3.8) is 0 Å². The van der Waals surface area contributed by atoms with Crippen molar-refractivity contribution in [1.82, 2.24) is 4.98 Å².